The number of hydrogen-bond acceptors (Lipinski definition) is 3. The van der Waals surface area contributed by atoms with Gasteiger partial charge in [-0.25, -0.2) is 0 Å². The third kappa shape index (κ3) is 3.16. The standard InChI is InChI=1S/C19H17NO3/c1-2-18(22)23-19-15(12-16-10-6-7-11-20(16)19)13-17(21)14-8-4-3-5-9-14/h3-12H,2,13H2,1H3. The third-order valence-electron chi connectivity index (χ3n) is 3.65. The van der Waals surface area contributed by atoms with Crippen LogP contribution < -0.4 is 4.74 Å². The highest BCUT2D eigenvalue weighted by molar-refractivity contribution is 5.98. The van der Waals surface area contributed by atoms with Crippen LogP contribution in [-0.4, -0.2) is 16.2 Å². The maximum absolute atomic E-state index is 12.4. The van der Waals surface area contributed by atoms with Crippen molar-refractivity contribution in [2.45, 2.75) is 19.8 Å². The first-order valence-electron chi connectivity index (χ1n) is 7.57. The fourth-order valence-corrected chi connectivity index (χ4v) is 2.47. The summed E-state index contributed by atoms with van der Waals surface area (Å²) >= 11 is 0. The second-order valence-corrected chi connectivity index (χ2v) is 5.26. The van der Waals surface area contributed by atoms with Gasteiger partial charge in [0.15, 0.2) is 5.78 Å². The number of ketones is 1. The van der Waals surface area contributed by atoms with Gasteiger partial charge in [0.1, 0.15) is 0 Å². The van der Waals surface area contributed by atoms with Crippen molar-refractivity contribution in [3.05, 3.63) is 71.9 Å². The number of carbonyl (C=O) groups is 2. The van der Waals surface area contributed by atoms with Crippen molar-refractivity contribution < 1.29 is 14.3 Å². The van der Waals surface area contributed by atoms with Gasteiger partial charge in [-0.1, -0.05) is 43.3 Å². The number of esters is 1. The Kier molecular flexibility index (Phi) is 4.24. The third-order valence-corrected chi connectivity index (χ3v) is 3.65. The highest BCUT2D eigenvalue weighted by Gasteiger charge is 2.17. The van der Waals surface area contributed by atoms with Gasteiger partial charge in [0.05, 0.1) is 0 Å². The van der Waals surface area contributed by atoms with Crippen LogP contribution in [0, 0.1) is 0 Å². The lowest BCUT2D eigenvalue weighted by molar-refractivity contribution is -0.134. The molecule has 0 amide bonds. The minimum Gasteiger partial charge on any atom is -0.409 e. The monoisotopic (exact) mass is 307 g/mol. The van der Waals surface area contributed by atoms with Crippen LogP contribution >= 0.6 is 0 Å². The van der Waals surface area contributed by atoms with Gasteiger partial charge < -0.3 is 4.74 Å². The van der Waals surface area contributed by atoms with Gasteiger partial charge >= 0.3 is 5.97 Å². The van der Waals surface area contributed by atoms with E-state index in [1.165, 1.54) is 0 Å². The number of Topliss-reactive ketones (excluding diaryl/α,β-unsaturated/α-hetero) is 1. The SMILES string of the molecule is CCC(=O)Oc1c(CC(=O)c2ccccc2)cc2ccccn12. The number of pyridine rings is 1. The minimum atomic E-state index is -0.317. The molecule has 4 nitrogen and oxygen atoms in total. The number of benzene rings is 1. The second-order valence-electron chi connectivity index (χ2n) is 5.26. The van der Waals surface area contributed by atoms with E-state index in [-0.39, 0.29) is 24.6 Å². The molecule has 0 fully saturated rings. The first-order chi connectivity index (χ1) is 11.2. The molecule has 1 aromatic carbocycles. The van der Waals surface area contributed by atoms with Crippen molar-refractivity contribution in [2.24, 2.45) is 0 Å². The van der Waals surface area contributed by atoms with Crippen LogP contribution in [0.4, 0.5) is 0 Å². The summed E-state index contributed by atoms with van der Waals surface area (Å²) in [5, 5.41) is 0. The molecule has 0 saturated carbocycles. The number of rotatable bonds is 5. The summed E-state index contributed by atoms with van der Waals surface area (Å²) in [7, 11) is 0. The van der Waals surface area contributed by atoms with E-state index in [4.69, 9.17) is 4.74 Å². The smallest absolute Gasteiger partial charge is 0.312 e. The summed E-state index contributed by atoms with van der Waals surface area (Å²) in [4.78, 5) is 24.2. The van der Waals surface area contributed by atoms with Crippen LogP contribution in [0.5, 0.6) is 5.88 Å². The summed E-state index contributed by atoms with van der Waals surface area (Å²) in [6.07, 6.45) is 2.30. The van der Waals surface area contributed by atoms with E-state index in [1.807, 2.05) is 48.7 Å². The Morgan fingerprint density at radius 1 is 1.04 bits per heavy atom. The van der Waals surface area contributed by atoms with E-state index in [0.717, 1.165) is 5.52 Å². The summed E-state index contributed by atoms with van der Waals surface area (Å²) in [5.74, 6) is 0.106. The minimum absolute atomic E-state index is 0.00435. The zero-order valence-corrected chi connectivity index (χ0v) is 12.9. The van der Waals surface area contributed by atoms with Crippen molar-refractivity contribution in [3.8, 4) is 5.88 Å². The van der Waals surface area contributed by atoms with Crippen LogP contribution in [-0.2, 0) is 11.2 Å². The molecular formula is C19H17NO3. The van der Waals surface area contributed by atoms with E-state index < -0.39 is 0 Å². The van der Waals surface area contributed by atoms with E-state index in [0.29, 0.717) is 17.0 Å². The summed E-state index contributed by atoms with van der Waals surface area (Å²) in [6.45, 7) is 1.74. The Morgan fingerprint density at radius 3 is 2.52 bits per heavy atom. The van der Waals surface area contributed by atoms with Crippen molar-refractivity contribution in [2.75, 3.05) is 0 Å². The summed E-state index contributed by atoms with van der Waals surface area (Å²) in [6, 6.07) is 16.7. The van der Waals surface area contributed by atoms with Gasteiger partial charge in [-0.05, 0) is 18.2 Å². The van der Waals surface area contributed by atoms with E-state index in [2.05, 4.69) is 0 Å². The molecule has 23 heavy (non-hydrogen) atoms. The highest BCUT2D eigenvalue weighted by Crippen LogP contribution is 2.26. The number of hydrogen-bond donors (Lipinski definition) is 0. The normalized spacial score (nSPS) is 10.7. The van der Waals surface area contributed by atoms with Gasteiger partial charge in [0, 0.05) is 35.7 Å². The Labute approximate surface area is 134 Å². The fraction of sp³-hybridized carbons (Fsp3) is 0.158. The lowest BCUT2D eigenvalue weighted by Crippen LogP contribution is -2.10. The first-order valence-corrected chi connectivity index (χ1v) is 7.57. The Morgan fingerprint density at radius 2 is 1.78 bits per heavy atom. The van der Waals surface area contributed by atoms with Crippen LogP contribution in [0.25, 0.3) is 5.52 Å². The van der Waals surface area contributed by atoms with E-state index in [1.54, 1.807) is 23.5 Å². The van der Waals surface area contributed by atoms with Gasteiger partial charge in [0.2, 0.25) is 5.88 Å². The Bertz CT molecular complexity index is 849. The maximum Gasteiger partial charge on any atom is 0.312 e. The Hall–Kier alpha value is -2.88. The first kappa shape index (κ1) is 15.0. The van der Waals surface area contributed by atoms with Gasteiger partial charge in [-0.3, -0.25) is 14.0 Å². The lowest BCUT2D eigenvalue weighted by atomic mass is 10.0. The molecule has 3 aromatic rings. The number of ether oxygens (including phenoxy) is 1. The van der Waals surface area contributed by atoms with Crippen LogP contribution in [0.1, 0.15) is 29.3 Å². The quantitative estimate of drug-likeness (QED) is 0.533. The molecule has 2 heterocycles. The molecule has 0 N–H and O–H groups in total. The zero-order chi connectivity index (χ0) is 16.2. The van der Waals surface area contributed by atoms with Gasteiger partial charge in [0.25, 0.3) is 0 Å². The molecular weight excluding hydrogens is 290 g/mol. The average Bonchev–Trinajstić information content (AvgIpc) is 2.93. The molecule has 0 aliphatic heterocycles. The van der Waals surface area contributed by atoms with Crippen LogP contribution in [0.15, 0.2) is 60.8 Å². The Balaban J connectivity index is 1.97. The lowest BCUT2D eigenvalue weighted by Gasteiger charge is -2.07. The number of fused-ring (bicyclic) bond motifs is 1. The van der Waals surface area contributed by atoms with E-state index >= 15 is 0 Å². The summed E-state index contributed by atoms with van der Waals surface area (Å²) < 4.78 is 7.25. The molecule has 0 saturated heterocycles. The maximum atomic E-state index is 12.4. The van der Waals surface area contributed by atoms with Crippen molar-refractivity contribution in [1.82, 2.24) is 4.40 Å². The summed E-state index contributed by atoms with van der Waals surface area (Å²) in [5.41, 5.74) is 2.25. The van der Waals surface area contributed by atoms with Crippen LogP contribution in [0.2, 0.25) is 0 Å². The number of aromatic nitrogens is 1. The van der Waals surface area contributed by atoms with Gasteiger partial charge in [-0.15, -0.1) is 0 Å². The molecule has 3 rings (SSSR count). The molecule has 0 radical (unpaired) electrons. The molecule has 4 heteroatoms. The fourth-order valence-electron chi connectivity index (χ4n) is 2.47. The highest BCUT2D eigenvalue weighted by atomic mass is 16.5. The zero-order valence-electron chi connectivity index (χ0n) is 12.9. The van der Waals surface area contributed by atoms with E-state index in [9.17, 15) is 9.59 Å². The second kappa shape index (κ2) is 6.48. The predicted molar refractivity (Wildman–Crippen MR) is 87.8 cm³/mol. The molecule has 0 spiro atoms. The molecule has 116 valence electrons. The largest absolute Gasteiger partial charge is 0.409 e. The number of nitrogens with zero attached hydrogens (tertiary/aromatic N) is 1. The molecule has 0 atom stereocenters. The molecule has 0 aliphatic carbocycles. The van der Waals surface area contributed by atoms with Gasteiger partial charge in [-0.2, -0.15) is 0 Å². The van der Waals surface area contributed by atoms with Crippen LogP contribution in [0.3, 0.4) is 0 Å². The predicted octanol–water partition coefficient (Wildman–Crippen LogP) is 3.68. The molecule has 0 bridgehead atoms. The van der Waals surface area contributed by atoms with Crippen molar-refractivity contribution in [3.63, 3.8) is 0 Å². The topological polar surface area (TPSA) is 47.8 Å². The molecule has 0 aliphatic rings. The number of carbonyl (C=O) groups excluding carboxylic acids is 2. The molecule has 0 unspecified atom stereocenters. The van der Waals surface area contributed by atoms with Crippen molar-refractivity contribution >= 4 is 17.3 Å². The molecule has 2 aromatic heterocycles. The van der Waals surface area contributed by atoms with Crippen molar-refractivity contribution in [1.29, 1.82) is 0 Å². The average molecular weight is 307 g/mol.